The summed E-state index contributed by atoms with van der Waals surface area (Å²) in [6.45, 7) is 1.76. The predicted octanol–water partition coefficient (Wildman–Crippen LogP) is 2.51. The fraction of sp³-hybridized carbons (Fsp3) is 0.467. The van der Waals surface area contributed by atoms with Crippen LogP contribution in [-0.2, 0) is 0 Å². The number of aromatic amines is 1. The first-order chi connectivity index (χ1) is 10.2. The Hall–Kier alpha value is -1.37. The summed E-state index contributed by atoms with van der Waals surface area (Å²) in [5, 5.41) is 3.37. The molecule has 2 aromatic rings. The zero-order valence-corrected chi connectivity index (χ0v) is 14.1. The number of rotatable bonds is 1. The molecule has 8 heteroatoms. The lowest BCUT2D eigenvalue weighted by molar-refractivity contribution is 0.0681. The van der Waals surface area contributed by atoms with Crippen molar-refractivity contribution in [1.29, 1.82) is 0 Å². The second-order valence-corrected chi connectivity index (χ2v) is 5.84. The molecule has 3 heterocycles. The van der Waals surface area contributed by atoms with Gasteiger partial charge >= 0.3 is 0 Å². The fourth-order valence-electron chi connectivity index (χ4n) is 3.63. The standard InChI is InChI=1S/C15H17FN4O.2ClH/c16-9-5-12(14-13(6-9)18-8-19-14)15(21)20-10-1-2-11(20)7-17-4-3-10;;/h5-6,8,10-11,17H,1-4,7H2,(H,18,19);2*1H. The van der Waals surface area contributed by atoms with Gasteiger partial charge in [-0.25, -0.2) is 9.37 Å². The van der Waals surface area contributed by atoms with Crippen LogP contribution in [0, 0.1) is 5.82 Å². The Morgan fingerprint density at radius 1 is 1.22 bits per heavy atom. The van der Waals surface area contributed by atoms with E-state index in [9.17, 15) is 9.18 Å². The van der Waals surface area contributed by atoms with Crippen LogP contribution in [0.5, 0.6) is 0 Å². The van der Waals surface area contributed by atoms with Crippen molar-refractivity contribution in [3.8, 4) is 0 Å². The maximum atomic E-state index is 13.8. The van der Waals surface area contributed by atoms with Gasteiger partial charge in [0.25, 0.3) is 5.91 Å². The van der Waals surface area contributed by atoms with E-state index in [1.165, 1.54) is 18.5 Å². The zero-order chi connectivity index (χ0) is 14.4. The molecule has 1 aromatic carbocycles. The van der Waals surface area contributed by atoms with Crippen molar-refractivity contribution in [2.75, 3.05) is 13.1 Å². The van der Waals surface area contributed by atoms with Crippen molar-refractivity contribution in [2.24, 2.45) is 0 Å². The Morgan fingerprint density at radius 2 is 2.00 bits per heavy atom. The van der Waals surface area contributed by atoms with Crippen LogP contribution in [0.25, 0.3) is 11.0 Å². The first kappa shape index (κ1) is 18.0. The number of hydrogen-bond acceptors (Lipinski definition) is 3. The number of carbonyl (C=O) groups excluding carboxylic acids is 1. The third kappa shape index (κ3) is 3.03. The maximum absolute atomic E-state index is 13.8. The van der Waals surface area contributed by atoms with Gasteiger partial charge in [-0.2, -0.15) is 0 Å². The van der Waals surface area contributed by atoms with Gasteiger partial charge in [0.05, 0.1) is 17.4 Å². The van der Waals surface area contributed by atoms with Gasteiger partial charge in [-0.15, -0.1) is 24.8 Å². The molecule has 0 aliphatic carbocycles. The highest BCUT2D eigenvalue weighted by atomic mass is 35.5. The van der Waals surface area contributed by atoms with E-state index in [4.69, 9.17) is 0 Å². The number of imidazole rings is 1. The van der Waals surface area contributed by atoms with Crippen LogP contribution >= 0.6 is 24.8 Å². The van der Waals surface area contributed by atoms with Gasteiger partial charge in [0.2, 0.25) is 0 Å². The van der Waals surface area contributed by atoms with Crippen molar-refractivity contribution in [1.82, 2.24) is 20.2 Å². The summed E-state index contributed by atoms with van der Waals surface area (Å²) in [5.41, 5.74) is 1.49. The quantitative estimate of drug-likeness (QED) is 0.821. The predicted molar refractivity (Wildman–Crippen MR) is 91.0 cm³/mol. The number of nitrogens with one attached hydrogen (secondary N) is 2. The average molecular weight is 361 g/mol. The molecule has 1 amide bonds. The highest BCUT2D eigenvalue weighted by Gasteiger charge is 2.39. The molecular weight excluding hydrogens is 342 g/mol. The van der Waals surface area contributed by atoms with Gasteiger partial charge in [0, 0.05) is 18.6 Å². The lowest BCUT2D eigenvalue weighted by Crippen LogP contribution is -2.42. The number of halogens is 3. The van der Waals surface area contributed by atoms with E-state index in [-0.39, 0.29) is 42.8 Å². The second kappa shape index (κ2) is 7.03. The summed E-state index contributed by atoms with van der Waals surface area (Å²) < 4.78 is 13.8. The van der Waals surface area contributed by atoms with Gasteiger partial charge in [-0.3, -0.25) is 4.79 Å². The van der Waals surface area contributed by atoms with E-state index in [2.05, 4.69) is 15.3 Å². The molecule has 2 atom stereocenters. The molecule has 2 unspecified atom stereocenters. The van der Waals surface area contributed by atoms with Crippen LogP contribution in [0.1, 0.15) is 29.6 Å². The van der Waals surface area contributed by atoms with Crippen LogP contribution < -0.4 is 5.32 Å². The summed E-state index contributed by atoms with van der Waals surface area (Å²) in [4.78, 5) is 22.0. The number of amides is 1. The maximum Gasteiger partial charge on any atom is 0.256 e. The van der Waals surface area contributed by atoms with Gasteiger partial charge in [0.15, 0.2) is 0 Å². The van der Waals surface area contributed by atoms with Gasteiger partial charge in [-0.05, 0) is 37.9 Å². The molecule has 2 fully saturated rings. The van der Waals surface area contributed by atoms with Crippen molar-refractivity contribution < 1.29 is 9.18 Å². The van der Waals surface area contributed by atoms with Crippen molar-refractivity contribution in [2.45, 2.75) is 31.3 Å². The molecule has 5 nitrogen and oxygen atoms in total. The molecule has 23 heavy (non-hydrogen) atoms. The monoisotopic (exact) mass is 360 g/mol. The Balaban J connectivity index is 0.000000960. The van der Waals surface area contributed by atoms with E-state index in [1.807, 2.05) is 4.90 Å². The Labute approximate surface area is 145 Å². The zero-order valence-electron chi connectivity index (χ0n) is 12.4. The number of carbonyl (C=O) groups is 1. The molecule has 0 spiro atoms. The lowest BCUT2D eigenvalue weighted by Gasteiger charge is -2.28. The van der Waals surface area contributed by atoms with E-state index >= 15 is 0 Å². The molecule has 2 saturated heterocycles. The van der Waals surface area contributed by atoms with Crippen molar-refractivity contribution >= 4 is 41.8 Å². The summed E-state index contributed by atoms with van der Waals surface area (Å²) in [5.74, 6) is -0.502. The number of benzene rings is 1. The molecule has 2 aliphatic heterocycles. The molecule has 1 aromatic heterocycles. The van der Waals surface area contributed by atoms with Gasteiger partial charge < -0.3 is 15.2 Å². The topological polar surface area (TPSA) is 61.0 Å². The highest BCUT2D eigenvalue weighted by molar-refractivity contribution is 6.05. The van der Waals surface area contributed by atoms with Crippen LogP contribution in [0.4, 0.5) is 4.39 Å². The Kier molecular flexibility index (Phi) is 5.49. The molecule has 2 aliphatic rings. The fourth-order valence-corrected chi connectivity index (χ4v) is 3.63. The molecule has 2 N–H and O–H groups in total. The summed E-state index contributed by atoms with van der Waals surface area (Å²) in [7, 11) is 0. The number of fused-ring (bicyclic) bond motifs is 3. The Bertz CT molecular complexity index is 694. The van der Waals surface area contributed by atoms with Crippen LogP contribution in [0.2, 0.25) is 0 Å². The number of hydrogen-bond donors (Lipinski definition) is 2. The first-order valence-electron chi connectivity index (χ1n) is 7.40. The largest absolute Gasteiger partial charge is 0.344 e. The third-order valence-corrected chi connectivity index (χ3v) is 4.61. The highest BCUT2D eigenvalue weighted by Crippen LogP contribution is 2.31. The number of H-pyrrole nitrogens is 1. The van der Waals surface area contributed by atoms with Crippen molar-refractivity contribution in [3.05, 3.63) is 29.8 Å². The first-order valence-corrected chi connectivity index (χ1v) is 7.40. The van der Waals surface area contributed by atoms with Gasteiger partial charge in [0.1, 0.15) is 11.3 Å². The van der Waals surface area contributed by atoms with Crippen LogP contribution in [0.3, 0.4) is 0 Å². The summed E-state index contributed by atoms with van der Waals surface area (Å²) in [6.07, 6.45) is 4.51. The summed E-state index contributed by atoms with van der Waals surface area (Å²) in [6, 6.07) is 3.15. The van der Waals surface area contributed by atoms with E-state index in [0.717, 1.165) is 32.4 Å². The van der Waals surface area contributed by atoms with Gasteiger partial charge in [-0.1, -0.05) is 0 Å². The minimum absolute atomic E-state index is 0. The molecule has 0 saturated carbocycles. The lowest BCUT2D eigenvalue weighted by atomic mass is 10.1. The molecule has 126 valence electrons. The SMILES string of the molecule is Cl.Cl.O=C(c1cc(F)cc2[nH]cnc12)N1C2CCNCC1CC2. The second-order valence-electron chi connectivity index (χ2n) is 5.84. The van der Waals surface area contributed by atoms with E-state index in [0.29, 0.717) is 16.6 Å². The van der Waals surface area contributed by atoms with E-state index < -0.39 is 5.82 Å². The molecule has 4 rings (SSSR count). The number of aromatic nitrogens is 2. The molecule has 2 bridgehead atoms. The van der Waals surface area contributed by atoms with Crippen molar-refractivity contribution in [3.63, 3.8) is 0 Å². The average Bonchev–Trinajstić information content (AvgIpc) is 3.00. The van der Waals surface area contributed by atoms with Crippen LogP contribution in [0.15, 0.2) is 18.5 Å². The summed E-state index contributed by atoms with van der Waals surface area (Å²) >= 11 is 0. The smallest absolute Gasteiger partial charge is 0.256 e. The van der Waals surface area contributed by atoms with Crippen LogP contribution in [-0.4, -0.2) is 45.9 Å². The molecule has 0 radical (unpaired) electrons. The minimum Gasteiger partial charge on any atom is -0.344 e. The Morgan fingerprint density at radius 3 is 2.83 bits per heavy atom. The normalized spacial score (nSPS) is 23.1. The number of nitrogens with zero attached hydrogens (tertiary/aromatic N) is 2. The molecular formula is C15H19Cl2FN4O. The third-order valence-electron chi connectivity index (χ3n) is 4.61. The van der Waals surface area contributed by atoms with E-state index in [1.54, 1.807) is 0 Å². The minimum atomic E-state index is -0.407.